The third-order valence-electron chi connectivity index (χ3n) is 4.61. The average molecular weight is 442 g/mol. The molecule has 9 heteroatoms. The number of nitrogens with zero attached hydrogens (tertiary/aromatic N) is 1. The molecule has 0 spiro atoms. The fourth-order valence-electron chi connectivity index (χ4n) is 3.13. The van der Waals surface area contributed by atoms with Gasteiger partial charge in [0.15, 0.2) is 5.17 Å². The molecule has 0 saturated carbocycles. The van der Waals surface area contributed by atoms with Crippen molar-refractivity contribution < 1.29 is 23.9 Å². The third-order valence-corrected chi connectivity index (χ3v) is 5.61. The number of esters is 1. The van der Waals surface area contributed by atoms with Crippen molar-refractivity contribution in [1.29, 1.82) is 5.41 Å². The molecule has 0 aliphatic carbocycles. The molecular formula is C22H23N3O5S. The molecule has 162 valence electrons. The molecule has 2 aromatic rings. The van der Waals surface area contributed by atoms with Gasteiger partial charge in [-0.2, -0.15) is 0 Å². The summed E-state index contributed by atoms with van der Waals surface area (Å²) in [6, 6.07) is 13.8. The Hall–Kier alpha value is -3.33. The molecule has 1 unspecified atom stereocenters. The quantitative estimate of drug-likeness (QED) is 0.610. The predicted molar refractivity (Wildman–Crippen MR) is 119 cm³/mol. The molecular weight excluding hydrogens is 418 g/mol. The van der Waals surface area contributed by atoms with Crippen molar-refractivity contribution in [2.45, 2.75) is 18.6 Å². The van der Waals surface area contributed by atoms with E-state index in [1.54, 1.807) is 56.5 Å². The van der Waals surface area contributed by atoms with Crippen LogP contribution >= 0.6 is 11.8 Å². The summed E-state index contributed by atoms with van der Waals surface area (Å²) in [6.45, 7) is 1.69. The van der Waals surface area contributed by atoms with Gasteiger partial charge in [-0.1, -0.05) is 23.9 Å². The van der Waals surface area contributed by atoms with Crippen LogP contribution in [0.5, 0.6) is 5.75 Å². The Morgan fingerprint density at radius 3 is 2.55 bits per heavy atom. The number of methoxy groups -OCH3 is 1. The van der Waals surface area contributed by atoms with E-state index < -0.39 is 11.2 Å². The number of hydrogen-bond donors (Lipinski definition) is 2. The third kappa shape index (κ3) is 5.64. The van der Waals surface area contributed by atoms with Crippen LogP contribution < -0.4 is 15.0 Å². The molecule has 0 radical (unpaired) electrons. The molecule has 8 nitrogen and oxygen atoms in total. The normalized spacial score (nSPS) is 15.4. The van der Waals surface area contributed by atoms with Crippen LogP contribution in [0.3, 0.4) is 0 Å². The monoisotopic (exact) mass is 441 g/mol. The average Bonchev–Trinajstić information content (AvgIpc) is 3.08. The molecule has 2 amide bonds. The number of carbonyl (C=O) groups excluding carboxylic acids is 3. The van der Waals surface area contributed by atoms with Crippen LogP contribution in [0, 0.1) is 5.41 Å². The lowest BCUT2D eigenvalue weighted by atomic mass is 10.0. The first-order valence-corrected chi connectivity index (χ1v) is 10.6. The van der Waals surface area contributed by atoms with Gasteiger partial charge in [0.05, 0.1) is 19.0 Å². The summed E-state index contributed by atoms with van der Waals surface area (Å²) in [6.07, 6.45) is 0.389. The van der Waals surface area contributed by atoms with Crippen LogP contribution in [-0.2, 0) is 20.7 Å². The lowest BCUT2D eigenvalue weighted by molar-refractivity contribution is -0.141. The second kappa shape index (κ2) is 10.1. The van der Waals surface area contributed by atoms with Crippen LogP contribution in [0.1, 0.15) is 22.8 Å². The standard InChI is InChI=1S/C22H23N3O5S/c1-3-30-19(26)13-25(16-7-9-17(29-2)10-8-16)21(28)15-6-4-5-14(11-15)12-18-20(27)24-22(23)31-18/h4-11,18H,3,12-13H2,1-2H3,(H2,23,24,27). The zero-order valence-electron chi connectivity index (χ0n) is 17.2. The Labute approximate surface area is 184 Å². The minimum absolute atomic E-state index is 0.127. The van der Waals surface area contributed by atoms with E-state index in [4.69, 9.17) is 14.9 Å². The summed E-state index contributed by atoms with van der Waals surface area (Å²) in [5, 5.41) is 9.78. The van der Waals surface area contributed by atoms with Crippen LogP contribution in [0.4, 0.5) is 5.69 Å². The maximum atomic E-state index is 13.3. The highest BCUT2D eigenvalue weighted by Gasteiger charge is 2.29. The Morgan fingerprint density at radius 1 is 1.19 bits per heavy atom. The molecule has 3 rings (SSSR count). The Bertz CT molecular complexity index is 993. The Kier molecular flexibility index (Phi) is 7.30. The highest BCUT2D eigenvalue weighted by molar-refractivity contribution is 8.15. The fourth-order valence-corrected chi connectivity index (χ4v) is 4.02. The SMILES string of the molecule is CCOC(=O)CN(C(=O)c1cccc(CC2SC(=N)NC2=O)c1)c1ccc(OC)cc1. The number of ether oxygens (including phenoxy) is 2. The molecule has 0 aromatic heterocycles. The Morgan fingerprint density at radius 2 is 1.94 bits per heavy atom. The summed E-state index contributed by atoms with van der Waals surface area (Å²) in [5.41, 5.74) is 1.71. The topological polar surface area (TPSA) is 109 Å². The number of amidine groups is 1. The summed E-state index contributed by atoms with van der Waals surface area (Å²) in [7, 11) is 1.55. The molecule has 1 aliphatic heterocycles. The van der Waals surface area contributed by atoms with E-state index in [0.29, 0.717) is 23.4 Å². The van der Waals surface area contributed by atoms with Crippen molar-refractivity contribution in [2.24, 2.45) is 0 Å². The highest BCUT2D eigenvalue weighted by atomic mass is 32.2. The van der Waals surface area contributed by atoms with Gasteiger partial charge < -0.3 is 14.8 Å². The second-order valence-electron chi connectivity index (χ2n) is 6.72. The van der Waals surface area contributed by atoms with Crippen LogP contribution in [0.2, 0.25) is 0 Å². The number of thioether (sulfide) groups is 1. The van der Waals surface area contributed by atoms with Crippen LogP contribution in [0.25, 0.3) is 0 Å². The maximum Gasteiger partial charge on any atom is 0.326 e. The zero-order chi connectivity index (χ0) is 22.4. The molecule has 0 bridgehead atoms. The number of amides is 2. The number of carbonyl (C=O) groups is 3. The van der Waals surface area contributed by atoms with Crippen LogP contribution in [0.15, 0.2) is 48.5 Å². The first-order chi connectivity index (χ1) is 14.9. The number of nitrogens with one attached hydrogen (secondary N) is 2. The molecule has 31 heavy (non-hydrogen) atoms. The van der Waals surface area contributed by atoms with Crippen molar-refractivity contribution in [1.82, 2.24) is 5.32 Å². The van der Waals surface area contributed by atoms with E-state index in [1.807, 2.05) is 6.07 Å². The molecule has 1 atom stereocenters. The summed E-state index contributed by atoms with van der Waals surface area (Å²) < 4.78 is 10.2. The predicted octanol–water partition coefficient (Wildman–Crippen LogP) is 2.61. The van der Waals surface area contributed by atoms with Gasteiger partial charge in [0.1, 0.15) is 12.3 Å². The van der Waals surface area contributed by atoms with Gasteiger partial charge >= 0.3 is 5.97 Å². The van der Waals surface area contributed by atoms with Crippen LogP contribution in [-0.4, -0.2) is 48.5 Å². The number of benzene rings is 2. The fraction of sp³-hybridized carbons (Fsp3) is 0.273. The van der Waals surface area contributed by atoms with Gasteiger partial charge in [-0.05, 0) is 55.3 Å². The van der Waals surface area contributed by atoms with E-state index in [1.165, 1.54) is 4.90 Å². The van der Waals surface area contributed by atoms with Gasteiger partial charge in [0, 0.05) is 11.3 Å². The van der Waals surface area contributed by atoms with Crippen molar-refractivity contribution >= 4 is 40.4 Å². The van der Waals surface area contributed by atoms with Gasteiger partial charge in [0.25, 0.3) is 5.91 Å². The maximum absolute atomic E-state index is 13.3. The lowest BCUT2D eigenvalue weighted by Gasteiger charge is -2.22. The zero-order valence-corrected chi connectivity index (χ0v) is 18.0. The van der Waals surface area contributed by atoms with Gasteiger partial charge in [-0.25, -0.2) is 0 Å². The van der Waals surface area contributed by atoms with Crippen molar-refractivity contribution in [3.05, 3.63) is 59.7 Å². The Balaban J connectivity index is 1.85. The van der Waals surface area contributed by atoms with Crippen molar-refractivity contribution in [3.8, 4) is 5.75 Å². The van der Waals surface area contributed by atoms with Crippen molar-refractivity contribution in [3.63, 3.8) is 0 Å². The molecule has 1 fully saturated rings. The molecule has 2 aromatic carbocycles. The van der Waals surface area contributed by atoms with E-state index in [2.05, 4.69) is 5.32 Å². The van der Waals surface area contributed by atoms with E-state index in [9.17, 15) is 14.4 Å². The van der Waals surface area contributed by atoms with Crippen molar-refractivity contribution in [2.75, 3.05) is 25.2 Å². The van der Waals surface area contributed by atoms with E-state index >= 15 is 0 Å². The lowest BCUT2D eigenvalue weighted by Crippen LogP contribution is -2.36. The number of anilines is 1. The first kappa shape index (κ1) is 22.4. The number of rotatable bonds is 8. The largest absolute Gasteiger partial charge is 0.497 e. The summed E-state index contributed by atoms with van der Waals surface area (Å²) in [4.78, 5) is 38.7. The van der Waals surface area contributed by atoms with E-state index in [-0.39, 0.29) is 30.1 Å². The molecule has 1 heterocycles. The summed E-state index contributed by atoms with van der Waals surface area (Å²) >= 11 is 1.16. The second-order valence-corrected chi connectivity index (χ2v) is 7.94. The molecule has 2 N–H and O–H groups in total. The smallest absolute Gasteiger partial charge is 0.326 e. The van der Waals surface area contributed by atoms with Gasteiger partial charge in [-0.3, -0.25) is 24.7 Å². The van der Waals surface area contributed by atoms with Gasteiger partial charge in [-0.15, -0.1) is 0 Å². The number of hydrogen-bond acceptors (Lipinski definition) is 7. The molecule has 1 saturated heterocycles. The van der Waals surface area contributed by atoms with E-state index in [0.717, 1.165) is 17.3 Å². The van der Waals surface area contributed by atoms with Gasteiger partial charge in [0.2, 0.25) is 5.91 Å². The molecule has 1 aliphatic rings. The summed E-state index contributed by atoms with van der Waals surface area (Å²) in [5.74, 6) is -0.460. The first-order valence-electron chi connectivity index (χ1n) is 9.67. The highest BCUT2D eigenvalue weighted by Crippen LogP contribution is 2.24. The minimum atomic E-state index is -0.514. The minimum Gasteiger partial charge on any atom is -0.497 e.